The Morgan fingerprint density at radius 1 is 0.708 bits per heavy atom. The van der Waals surface area contributed by atoms with Gasteiger partial charge in [-0.25, -0.2) is 4.98 Å². The van der Waals surface area contributed by atoms with E-state index in [1.165, 1.54) is 16.8 Å². The molecule has 3 nitrogen and oxygen atoms in total. The molecule has 0 saturated carbocycles. The van der Waals surface area contributed by atoms with E-state index in [0.29, 0.717) is 0 Å². The monoisotopic (exact) mass is 313 g/mol. The first-order valence-electron chi connectivity index (χ1n) is 8.04. The van der Waals surface area contributed by atoms with Crippen molar-refractivity contribution in [3.63, 3.8) is 0 Å². The van der Waals surface area contributed by atoms with Crippen LogP contribution in [0.15, 0.2) is 72.8 Å². The summed E-state index contributed by atoms with van der Waals surface area (Å²) in [6.07, 6.45) is 0. The summed E-state index contributed by atoms with van der Waals surface area (Å²) in [7, 11) is 4.11. The topological polar surface area (TPSA) is 31.9 Å². The first-order chi connectivity index (χ1) is 11.7. The van der Waals surface area contributed by atoms with Crippen LogP contribution in [-0.4, -0.2) is 24.1 Å². The highest BCUT2D eigenvalue weighted by molar-refractivity contribution is 5.79. The largest absolute Gasteiger partial charge is 0.378 e. The SMILES string of the molecule is CN(C)c1ccc(-c2ccc(-c3nc4ccccc4[nH]3)cc2)cc1. The van der Waals surface area contributed by atoms with Crippen LogP contribution in [0.4, 0.5) is 5.69 Å². The molecule has 0 radical (unpaired) electrons. The summed E-state index contributed by atoms with van der Waals surface area (Å²) in [5, 5.41) is 0. The van der Waals surface area contributed by atoms with Gasteiger partial charge in [-0.15, -0.1) is 0 Å². The average Bonchev–Trinajstić information content (AvgIpc) is 3.06. The van der Waals surface area contributed by atoms with Crippen LogP contribution in [-0.2, 0) is 0 Å². The Morgan fingerprint density at radius 3 is 1.92 bits per heavy atom. The Kier molecular flexibility index (Phi) is 3.54. The molecule has 3 heteroatoms. The molecule has 0 atom stereocenters. The maximum Gasteiger partial charge on any atom is 0.138 e. The predicted octanol–water partition coefficient (Wildman–Crippen LogP) is 4.96. The molecule has 0 bridgehead atoms. The standard InChI is InChI=1S/C21H19N3/c1-24(2)18-13-11-16(12-14-18)15-7-9-17(10-8-15)21-22-19-5-3-4-6-20(19)23-21/h3-14H,1-2H3,(H,22,23). The molecule has 4 aromatic rings. The summed E-state index contributed by atoms with van der Waals surface area (Å²) in [6.45, 7) is 0. The second-order valence-corrected chi connectivity index (χ2v) is 6.12. The number of nitrogens with one attached hydrogen (secondary N) is 1. The molecular formula is C21H19N3. The van der Waals surface area contributed by atoms with Gasteiger partial charge in [0.1, 0.15) is 5.82 Å². The summed E-state index contributed by atoms with van der Waals surface area (Å²) >= 11 is 0. The molecule has 0 aliphatic carbocycles. The lowest BCUT2D eigenvalue weighted by Gasteiger charge is -2.12. The van der Waals surface area contributed by atoms with Crippen LogP contribution in [0.5, 0.6) is 0 Å². The number of hydrogen-bond acceptors (Lipinski definition) is 2. The number of benzene rings is 3. The molecule has 0 fully saturated rings. The molecule has 1 aromatic heterocycles. The van der Waals surface area contributed by atoms with Gasteiger partial charge in [0.05, 0.1) is 11.0 Å². The number of aromatic nitrogens is 2. The molecule has 0 unspecified atom stereocenters. The van der Waals surface area contributed by atoms with Crippen LogP contribution in [0, 0.1) is 0 Å². The number of imidazole rings is 1. The van der Waals surface area contributed by atoms with Crippen molar-refractivity contribution in [3.05, 3.63) is 72.8 Å². The molecule has 1 N–H and O–H groups in total. The lowest BCUT2D eigenvalue weighted by molar-refractivity contribution is 1.13. The lowest BCUT2D eigenvalue weighted by atomic mass is 10.0. The zero-order valence-corrected chi connectivity index (χ0v) is 13.8. The summed E-state index contributed by atoms with van der Waals surface area (Å²) in [6, 6.07) is 25.2. The van der Waals surface area contributed by atoms with E-state index in [0.717, 1.165) is 22.4 Å². The van der Waals surface area contributed by atoms with Crippen LogP contribution < -0.4 is 4.90 Å². The second kappa shape index (κ2) is 5.85. The first-order valence-corrected chi connectivity index (χ1v) is 8.04. The van der Waals surface area contributed by atoms with Gasteiger partial charge in [-0.05, 0) is 35.4 Å². The molecule has 4 rings (SSSR count). The molecule has 0 aliphatic rings. The smallest absolute Gasteiger partial charge is 0.138 e. The highest BCUT2D eigenvalue weighted by atomic mass is 15.1. The number of para-hydroxylation sites is 2. The zero-order chi connectivity index (χ0) is 16.5. The summed E-state index contributed by atoms with van der Waals surface area (Å²) in [5.74, 6) is 0.908. The minimum Gasteiger partial charge on any atom is -0.378 e. The third-order valence-corrected chi connectivity index (χ3v) is 4.26. The predicted molar refractivity (Wildman–Crippen MR) is 101 cm³/mol. The van der Waals surface area contributed by atoms with Crippen molar-refractivity contribution in [2.24, 2.45) is 0 Å². The number of rotatable bonds is 3. The fourth-order valence-corrected chi connectivity index (χ4v) is 2.86. The van der Waals surface area contributed by atoms with Crippen molar-refractivity contribution in [1.82, 2.24) is 9.97 Å². The van der Waals surface area contributed by atoms with Crippen molar-refractivity contribution in [3.8, 4) is 22.5 Å². The molecule has 24 heavy (non-hydrogen) atoms. The third kappa shape index (κ3) is 2.65. The number of hydrogen-bond donors (Lipinski definition) is 1. The first kappa shape index (κ1) is 14.5. The van der Waals surface area contributed by atoms with E-state index in [1.54, 1.807) is 0 Å². The van der Waals surface area contributed by atoms with Crippen molar-refractivity contribution in [2.45, 2.75) is 0 Å². The Morgan fingerprint density at radius 2 is 1.29 bits per heavy atom. The molecule has 118 valence electrons. The quantitative estimate of drug-likeness (QED) is 0.579. The number of anilines is 1. The van der Waals surface area contributed by atoms with E-state index in [9.17, 15) is 0 Å². The van der Waals surface area contributed by atoms with E-state index in [-0.39, 0.29) is 0 Å². The molecular weight excluding hydrogens is 294 g/mol. The van der Waals surface area contributed by atoms with Crippen LogP contribution in [0.25, 0.3) is 33.5 Å². The lowest BCUT2D eigenvalue weighted by Crippen LogP contribution is -2.07. The summed E-state index contributed by atoms with van der Waals surface area (Å²) in [5.41, 5.74) is 6.79. The fraction of sp³-hybridized carbons (Fsp3) is 0.0952. The highest BCUT2D eigenvalue weighted by Gasteiger charge is 2.05. The number of aromatic amines is 1. The van der Waals surface area contributed by atoms with Crippen molar-refractivity contribution in [2.75, 3.05) is 19.0 Å². The molecule has 3 aromatic carbocycles. The number of H-pyrrole nitrogens is 1. The minimum absolute atomic E-state index is 0.908. The van der Waals surface area contributed by atoms with Crippen LogP contribution in [0.3, 0.4) is 0 Å². The molecule has 0 aliphatic heterocycles. The van der Waals surface area contributed by atoms with Crippen molar-refractivity contribution < 1.29 is 0 Å². The number of nitrogens with zero attached hydrogens (tertiary/aromatic N) is 2. The fourth-order valence-electron chi connectivity index (χ4n) is 2.86. The van der Waals surface area contributed by atoms with Crippen LogP contribution in [0.1, 0.15) is 0 Å². The van der Waals surface area contributed by atoms with E-state index < -0.39 is 0 Å². The van der Waals surface area contributed by atoms with E-state index in [4.69, 9.17) is 0 Å². The van der Waals surface area contributed by atoms with Gasteiger partial charge in [0.25, 0.3) is 0 Å². The maximum atomic E-state index is 4.66. The Bertz CT molecular complexity index is 931. The molecule has 1 heterocycles. The number of fused-ring (bicyclic) bond motifs is 1. The Balaban J connectivity index is 1.64. The van der Waals surface area contributed by atoms with Gasteiger partial charge in [0, 0.05) is 25.3 Å². The van der Waals surface area contributed by atoms with Crippen molar-refractivity contribution >= 4 is 16.7 Å². The van der Waals surface area contributed by atoms with Gasteiger partial charge in [-0.3, -0.25) is 0 Å². The molecule has 0 spiro atoms. The van der Waals surface area contributed by atoms with E-state index >= 15 is 0 Å². The van der Waals surface area contributed by atoms with Crippen LogP contribution in [0.2, 0.25) is 0 Å². The second-order valence-electron chi connectivity index (χ2n) is 6.12. The molecule has 0 saturated heterocycles. The zero-order valence-electron chi connectivity index (χ0n) is 13.8. The summed E-state index contributed by atoms with van der Waals surface area (Å²) in [4.78, 5) is 10.1. The van der Waals surface area contributed by atoms with E-state index in [1.807, 2.05) is 24.3 Å². The van der Waals surface area contributed by atoms with E-state index in [2.05, 4.69) is 77.5 Å². The third-order valence-electron chi connectivity index (χ3n) is 4.26. The van der Waals surface area contributed by atoms with Gasteiger partial charge < -0.3 is 9.88 Å². The van der Waals surface area contributed by atoms with Gasteiger partial charge >= 0.3 is 0 Å². The van der Waals surface area contributed by atoms with Crippen LogP contribution >= 0.6 is 0 Å². The Hall–Kier alpha value is -3.07. The van der Waals surface area contributed by atoms with Gasteiger partial charge in [0.2, 0.25) is 0 Å². The minimum atomic E-state index is 0.908. The van der Waals surface area contributed by atoms with Gasteiger partial charge in [-0.1, -0.05) is 48.5 Å². The summed E-state index contributed by atoms with van der Waals surface area (Å²) < 4.78 is 0. The normalized spacial score (nSPS) is 10.9. The highest BCUT2D eigenvalue weighted by Crippen LogP contribution is 2.26. The average molecular weight is 313 g/mol. The van der Waals surface area contributed by atoms with Gasteiger partial charge in [-0.2, -0.15) is 0 Å². The maximum absolute atomic E-state index is 4.66. The molecule has 0 amide bonds. The van der Waals surface area contributed by atoms with Gasteiger partial charge in [0.15, 0.2) is 0 Å². The Labute approximate surface area is 141 Å². The van der Waals surface area contributed by atoms with Crippen molar-refractivity contribution in [1.29, 1.82) is 0 Å².